The first-order valence-corrected chi connectivity index (χ1v) is 5.26. The van der Waals surface area contributed by atoms with Gasteiger partial charge in [0.25, 0.3) is 0 Å². The van der Waals surface area contributed by atoms with Crippen LogP contribution in [0.25, 0.3) is 0 Å². The average molecular weight is 244 g/mol. The Morgan fingerprint density at radius 1 is 1.07 bits per heavy atom. The van der Waals surface area contributed by atoms with Crippen LogP contribution in [0.5, 0.6) is 5.75 Å². The van der Waals surface area contributed by atoms with Crippen molar-refractivity contribution >= 4 is 10.1 Å². The summed E-state index contributed by atoms with van der Waals surface area (Å²) < 4.78 is 75.5. The van der Waals surface area contributed by atoms with Crippen molar-refractivity contribution in [3.8, 4) is 5.75 Å². The molecular formula is C7H4F4O3S. The van der Waals surface area contributed by atoms with E-state index in [1.165, 1.54) is 0 Å². The Morgan fingerprint density at radius 3 is 1.80 bits per heavy atom. The van der Waals surface area contributed by atoms with Crippen LogP contribution in [-0.2, 0) is 10.1 Å². The van der Waals surface area contributed by atoms with Crippen LogP contribution in [0.2, 0.25) is 0 Å². The van der Waals surface area contributed by atoms with Gasteiger partial charge in [0.2, 0.25) is 17.4 Å². The zero-order valence-corrected chi connectivity index (χ0v) is 8.04. The topological polar surface area (TPSA) is 43.4 Å². The first kappa shape index (κ1) is 11.8. The third-order valence-electron chi connectivity index (χ3n) is 1.31. The van der Waals surface area contributed by atoms with Crippen LogP contribution in [0, 0.1) is 23.3 Å². The maximum atomic E-state index is 12.8. The van der Waals surface area contributed by atoms with E-state index < -0.39 is 39.1 Å². The van der Waals surface area contributed by atoms with Gasteiger partial charge in [0, 0.05) is 6.07 Å². The number of rotatable bonds is 2. The lowest BCUT2D eigenvalue weighted by molar-refractivity contribution is 0.390. The van der Waals surface area contributed by atoms with Crippen molar-refractivity contribution in [1.29, 1.82) is 0 Å². The average Bonchev–Trinajstić information content (AvgIpc) is 2.08. The fourth-order valence-corrected chi connectivity index (χ4v) is 1.22. The van der Waals surface area contributed by atoms with Crippen LogP contribution in [0.15, 0.2) is 6.07 Å². The normalized spacial score (nSPS) is 11.5. The highest BCUT2D eigenvalue weighted by Gasteiger charge is 2.23. The third kappa shape index (κ3) is 2.58. The Kier molecular flexibility index (Phi) is 2.89. The van der Waals surface area contributed by atoms with E-state index in [1.54, 1.807) is 0 Å². The van der Waals surface area contributed by atoms with Crippen molar-refractivity contribution in [3.63, 3.8) is 0 Å². The van der Waals surface area contributed by atoms with Crippen LogP contribution >= 0.6 is 0 Å². The maximum absolute atomic E-state index is 12.8. The van der Waals surface area contributed by atoms with Gasteiger partial charge in [0.1, 0.15) is 0 Å². The van der Waals surface area contributed by atoms with E-state index in [9.17, 15) is 26.0 Å². The van der Waals surface area contributed by atoms with Crippen LogP contribution in [0.4, 0.5) is 17.6 Å². The molecule has 0 saturated heterocycles. The summed E-state index contributed by atoms with van der Waals surface area (Å²) in [6, 6.07) is -0.0557. The van der Waals surface area contributed by atoms with Gasteiger partial charge in [0.05, 0.1) is 6.26 Å². The standard InChI is InChI=1S/C7H4F4O3S/c1-15(12,13)14-7-5(10)3(8)2-4(9)6(7)11/h2H,1H3. The fourth-order valence-electron chi connectivity index (χ4n) is 0.776. The van der Waals surface area contributed by atoms with E-state index in [0.29, 0.717) is 6.26 Å². The molecule has 1 rings (SSSR count). The van der Waals surface area contributed by atoms with Gasteiger partial charge in [-0.05, 0) is 0 Å². The zero-order chi connectivity index (χ0) is 11.8. The molecule has 1 aromatic rings. The lowest BCUT2D eigenvalue weighted by atomic mass is 10.3. The highest BCUT2D eigenvalue weighted by atomic mass is 32.2. The Morgan fingerprint density at radius 2 is 1.47 bits per heavy atom. The number of hydrogen-bond donors (Lipinski definition) is 0. The Bertz CT molecular complexity index is 471. The molecular weight excluding hydrogens is 240 g/mol. The second kappa shape index (κ2) is 3.69. The molecule has 3 nitrogen and oxygen atoms in total. The molecule has 0 amide bonds. The summed E-state index contributed by atoms with van der Waals surface area (Å²) in [6.45, 7) is 0. The van der Waals surface area contributed by atoms with Gasteiger partial charge in [0.15, 0.2) is 11.6 Å². The molecule has 15 heavy (non-hydrogen) atoms. The number of benzene rings is 1. The van der Waals surface area contributed by atoms with E-state index in [2.05, 4.69) is 4.18 Å². The van der Waals surface area contributed by atoms with Crippen LogP contribution in [0.3, 0.4) is 0 Å². The molecule has 0 bridgehead atoms. The molecule has 0 heterocycles. The van der Waals surface area contributed by atoms with Gasteiger partial charge in [-0.1, -0.05) is 0 Å². The van der Waals surface area contributed by atoms with E-state index in [0.717, 1.165) is 0 Å². The molecule has 0 aliphatic rings. The molecule has 0 aliphatic carbocycles. The summed E-state index contributed by atoms with van der Waals surface area (Å²) in [4.78, 5) is 0. The van der Waals surface area contributed by atoms with Crippen molar-refractivity contribution in [2.45, 2.75) is 0 Å². The van der Waals surface area contributed by atoms with E-state index >= 15 is 0 Å². The second-order valence-electron chi connectivity index (χ2n) is 2.58. The lowest BCUT2D eigenvalue weighted by Gasteiger charge is -2.06. The van der Waals surface area contributed by atoms with E-state index in [4.69, 9.17) is 0 Å². The Hall–Kier alpha value is -1.31. The van der Waals surface area contributed by atoms with Gasteiger partial charge in [-0.2, -0.15) is 17.2 Å². The molecule has 0 aliphatic heterocycles. The molecule has 0 saturated carbocycles. The van der Waals surface area contributed by atoms with Crippen LogP contribution in [0.1, 0.15) is 0 Å². The molecule has 0 radical (unpaired) electrons. The van der Waals surface area contributed by atoms with Crippen molar-refractivity contribution in [3.05, 3.63) is 29.3 Å². The number of halogens is 4. The van der Waals surface area contributed by atoms with Gasteiger partial charge in [-0.15, -0.1) is 0 Å². The zero-order valence-electron chi connectivity index (χ0n) is 7.22. The van der Waals surface area contributed by atoms with Gasteiger partial charge < -0.3 is 4.18 Å². The molecule has 0 aromatic heterocycles. The predicted octanol–water partition coefficient (Wildman–Crippen LogP) is 1.58. The first-order valence-electron chi connectivity index (χ1n) is 3.45. The largest absolute Gasteiger partial charge is 0.376 e. The first-order chi connectivity index (χ1) is 6.72. The quantitative estimate of drug-likeness (QED) is 0.450. The fraction of sp³-hybridized carbons (Fsp3) is 0.143. The molecule has 84 valence electrons. The van der Waals surface area contributed by atoms with Gasteiger partial charge in [-0.25, -0.2) is 8.78 Å². The molecule has 0 atom stereocenters. The second-order valence-corrected chi connectivity index (χ2v) is 4.16. The highest BCUT2D eigenvalue weighted by Crippen LogP contribution is 2.27. The summed E-state index contributed by atoms with van der Waals surface area (Å²) >= 11 is 0. The minimum atomic E-state index is -4.27. The molecule has 0 fully saturated rings. The summed E-state index contributed by atoms with van der Waals surface area (Å²) in [7, 11) is -4.27. The summed E-state index contributed by atoms with van der Waals surface area (Å²) in [6.07, 6.45) is 0.481. The molecule has 1 aromatic carbocycles. The van der Waals surface area contributed by atoms with Crippen molar-refractivity contribution < 1.29 is 30.2 Å². The minimum absolute atomic E-state index is 0.0557. The molecule has 8 heteroatoms. The summed E-state index contributed by atoms with van der Waals surface area (Å²) in [5, 5.41) is 0. The Labute approximate surface area is 82.4 Å². The molecule has 0 N–H and O–H groups in total. The van der Waals surface area contributed by atoms with Gasteiger partial charge >= 0.3 is 10.1 Å². The van der Waals surface area contributed by atoms with Crippen molar-refractivity contribution in [2.24, 2.45) is 0 Å². The maximum Gasteiger partial charge on any atom is 0.306 e. The minimum Gasteiger partial charge on any atom is -0.376 e. The third-order valence-corrected chi connectivity index (χ3v) is 1.78. The lowest BCUT2D eigenvalue weighted by Crippen LogP contribution is -2.10. The Balaban J connectivity index is 3.40. The van der Waals surface area contributed by atoms with E-state index in [-0.39, 0.29) is 6.07 Å². The monoisotopic (exact) mass is 244 g/mol. The van der Waals surface area contributed by atoms with Crippen molar-refractivity contribution in [2.75, 3.05) is 6.26 Å². The summed E-state index contributed by atoms with van der Waals surface area (Å²) in [5.74, 6) is -8.91. The summed E-state index contributed by atoms with van der Waals surface area (Å²) in [5.41, 5.74) is 0. The van der Waals surface area contributed by atoms with E-state index in [1.807, 2.05) is 0 Å². The van der Waals surface area contributed by atoms with Crippen molar-refractivity contribution in [1.82, 2.24) is 0 Å². The van der Waals surface area contributed by atoms with Gasteiger partial charge in [-0.3, -0.25) is 0 Å². The molecule has 0 unspecified atom stereocenters. The number of hydrogen-bond acceptors (Lipinski definition) is 3. The molecule has 0 spiro atoms. The SMILES string of the molecule is CS(=O)(=O)Oc1c(F)c(F)cc(F)c1F. The van der Waals surface area contributed by atoms with Crippen LogP contribution in [-0.4, -0.2) is 14.7 Å². The predicted molar refractivity (Wildman–Crippen MR) is 41.7 cm³/mol. The smallest absolute Gasteiger partial charge is 0.306 e. The van der Waals surface area contributed by atoms with Crippen LogP contribution < -0.4 is 4.18 Å². The highest BCUT2D eigenvalue weighted by molar-refractivity contribution is 7.86.